The van der Waals surface area contributed by atoms with Crippen LogP contribution in [-0.4, -0.2) is 45.7 Å². The second kappa shape index (κ2) is 9.26. The van der Waals surface area contributed by atoms with E-state index in [1.807, 2.05) is 6.07 Å². The van der Waals surface area contributed by atoms with Gasteiger partial charge in [0.05, 0.1) is 27.8 Å². The van der Waals surface area contributed by atoms with Crippen molar-refractivity contribution in [2.45, 2.75) is 35.7 Å². The number of hydrogen-bond donors (Lipinski definition) is 1. The summed E-state index contributed by atoms with van der Waals surface area (Å²) in [6.07, 6.45) is 2.75. The number of carbonyl (C=O) groups is 1. The molecule has 1 N–H and O–H groups in total. The van der Waals surface area contributed by atoms with Gasteiger partial charge in [0.15, 0.2) is 0 Å². The first-order valence-electron chi connectivity index (χ1n) is 11.0. The first-order valence-corrected chi connectivity index (χ1v) is 14.3. The number of aromatic nitrogens is 2. The maximum absolute atomic E-state index is 13.1. The summed E-state index contributed by atoms with van der Waals surface area (Å²) in [5.41, 5.74) is 2.39. The third-order valence-electron chi connectivity index (χ3n) is 6.02. The molecule has 1 atom stereocenters. The van der Waals surface area contributed by atoms with Crippen molar-refractivity contribution in [1.29, 1.82) is 0 Å². The van der Waals surface area contributed by atoms with E-state index in [-0.39, 0.29) is 4.90 Å². The maximum Gasteiger partial charge on any atom is 0.256 e. The predicted molar refractivity (Wildman–Crippen MR) is 131 cm³/mol. The Labute approximate surface area is 205 Å². The molecule has 0 unspecified atom stereocenters. The monoisotopic (exact) mass is 518 g/mol. The van der Waals surface area contributed by atoms with Crippen LogP contribution < -0.4 is 5.32 Å². The Bertz CT molecular complexity index is 1380. The molecule has 0 radical (unpaired) electrons. The second-order valence-corrected chi connectivity index (χ2v) is 12.2. The predicted octanol–water partition coefficient (Wildman–Crippen LogP) is 3.71. The van der Waals surface area contributed by atoms with Crippen molar-refractivity contribution in [2.75, 3.05) is 18.4 Å². The number of hydrogen-bond acceptors (Lipinski definition) is 5. The molecular weight excluding hydrogens is 496 g/mol. The van der Waals surface area contributed by atoms with Gasteiger partial charge in [-0.1, -0.05) is 24.1 Å². The normalized spacial score (nSPS) is 18.6. The van der Waals surface area contributed by atoms with Crippen LogP contribution in [0.5, 0.6) is 0 Å². The number of halogens is 1. The van der Waals surface area contributed by atoms with Crippen LogP contribution in [0.25, 0.3) is 5.69 Å². The van der Waals surface area contributed by atoms with E-state index in [1.165, 1.54) is 28.6 Å². The van der Waals surface area contributed by atoms with Gasteiger partial charge in [-0.2, -0.15) is 9.40 Å². The van der Waals surface area contributed by atoms with E-state index >= 15 is 0 Å². The fourth-order valence-electron chi connectivity index (χ4n) is 4.26. The van der Waals surface area contributed by atoms with Crippen LogP contribution in [0, 0.1) is 0 Å². The summed E-state index contributed by atoms with van der Waals surface area (Å²) >= 11 is 6.14. The third-order valence-corrected chi connectivity index (χ3v) is 9.38. The summed E-state index contributed by atoms with van der Waals surface area (Å²) in [5.74, 6) is 0.664. The second-order valence-electron chi connectivity index (χ2n) is 8.34. The maximum atomic E-state index is 13.1. The van der Waals surface area contributed by atoms with Crippen LogP contribution in [0.15, 0.2) is 53.4 Å². The number of piperidine rings is 1. The van der Waals surface area contributed by atoms with Crippen LogP contribution in [0.4, 0.5) is 5.82 Å². The Morgan fingerprint density at radius 1 is 1.03 bits per heavy atom. The van der Waals surface area contributed by atoms with Gasteiger partial charge in [0, 0.05) is 40.0 Å². The topological polar surface area (TPSA) is 101 Å². The summed E-state index contributed by atoms with van der Waals surface area (Å²) in [5, 5.41) is 7.98. The number of nitrogens with zero attached hydrogens (tertiary/aromatic N) is 3. The third kappa shape index (κ3) is 4.43. The van der Waals surface area contributed by atoms with Crippen molar-refractivity contribution in [2.24, 2.45) is 0 Å². The van der Waals surface area contributed by atoms with E-state index < -0.39 is 26.7 Å². The fraction of sp³-hybridized carbons (Fsp3) is 0.304. The van der Waals surface area contributed by atoms with E-state index in [4.69, 9.17) is 11.6 Å². The molecule has 34 heavy (non-hydrogen) atoms. The van der Waals surface area contributed by atoms with Crippen LogP contribution in [0.3, 0.4) is 0 Å². The highest BCUT2D eigenvalue weighted by molar-refractivity contribution is 7.89. The van der Waals surface area contributed by atoms with E-state index in [0.717, 1.165) is 24.8 Å². The molecule has 3 aromatic rings. The molecule has 1 amide bonds. The van der Waals surface area contributed by atoms with Gasteiger partial charge < -0.3 is 5.32 Å². The molecule has 0 bridgehead atoms. The number of sulfonamides is 1. The molecule has 0 spiro atoms. The standard InChI is InChI=1S/C23H23ClN4O4S2/c24-17-5-4-6-18(13-17)28-22(20-14-33(30)15-21(20)26-28)25-23(29)16-7-9-19(10-8-16)34(31,32)27-11-2-1-3-12-27/h4-10,13H,1-3,11-12,14-15H2,(H,25,29)/t33-/m1/s1. The zero-order valence-corrected chi connectivity index (χ0v) is 20.6. The van der Waals surface area contributed by atoms with Crippen molar-refractivity contribution in [3.05, 3.63) is 70.4 Å². The summed E-state index contributed by atoms with van der Waals surface area (Å²) in [4.78, 5) is 13.3. The lowest BCUT2D eigenvalue weighted by molar-refractivity contribution is 0.102. The molecule has 1 fully saturated rings. The van der Waals surface area contributed by atoms with E-state index in [0.29, 0.717) is 52.4 Å². The highest BCUT2D eigenvalue weighted by atomic mass is 35.5. The van der Waals surface area contributed by atoms with E-state index in [2.05, 4.69) is 10.4 Å². The first kappa shape index (κ1) is 23.2. The molecule has 1 saturated heterocycles. The Kier molecular flexibility index (Phi) is 6.32. The van der Waals surface area contributed by atoms with Crippen molar-refractivity contribution >= 4 is 44.1 Å². The van der Waals surface area contributed by atoms with Gasteiger partial charge in [-0.15, -0.1) is 0 Å². The smallest absolute Gasteiger partial charge is 0.256 e. The van der Waals surface area contributed by atoms with Gasteiger partial charge in [0.1, 0.15) is 5.82 Å². The van der Waals surface area contributed by atoms with Crippen molar-refractivity contribution in [3.63, 3.8) is 0 Å². The van der Waals surface area contributed by atoms with Gasteiger partial charge in [-0.3, -0.25) is 9.00 Å². The highest BCUT2D eigenvalue weighted by Crippen LogP contribution is 2.32. The summed E-state index contributed by atoms with van der Waals surface area (Å²) in [6.45, 7) is 1.04. The summed E-state index contributed by atoms with van der Waals surface area (Å²) < 4.78 is 41.0. The van der Waals surface area contributed by atoms with Crippen LogP contribution in [0.1, 0.15) is 40.9 Å². The molecule has 5 rings (SSSR count). The lowest BCUT2D eigenvalue weighted by Gasteiger charge is -2.25. The SMILES string of the molecule is O=C(Nc1c2c(nn1-c1cccc(Cl)c1)C[S@](=O)C2)c1ccc(S(=O)(=O)N2CCCCC2)cc1. The molecule has 0 saturated carbocycles. The Balaban J connectivity index is 1.42. The molecule has 2 aliphatic heterocycles. The van der Waals surface area contributed by atoms with E-state index in [1.54, 1.807) is 22.9 Å². The van der Waals surface area contributed by atoms with E-state index in [9.17, 15) is 17.4 Å². The number of rotatable bonds is 5. The quantitative estimate of drug-likeness (QED) is 0.554. The lowest BCUT2D eigenvalue weighted by atomic mass is 10.2. The van der Waals surface area contributed by atoms with Crippen LogP contribution in [-0.2, 0) is 32.3 Å². The zero-order valence-electron chi connectivity index (χ0n) is 18.2. The minimum atomic E-state index is -3.57. The Morgan fingerprint density at radius 2 is 1.76 bits per heavy atom. The van der Waals surface area contributed by atoms with Gasteiger partial charge in [-0.25, -0.2) is 13.1 Å². The Hall–Kier alpha value is -2.53. The number of carbonyl (C=O) groups excluding carboxylic acids is 1. The van der Waals surface area contributed by atoms with Gasteiger partial charge in [-0.05, 0) is 55.3 Å². The average molecular weight is 519 g/mol. The molecule has 3 heterocycles. The molecule has 11 heteroatoms. The number of fused-ring (bicyclic) bond motifs is 1. The number of amides is 1. The minimum absolute atomic E-state index is 0.172. The molecule has 2 aromatic carbocycles. The van der Waals surface area contributed by atoms with Crippen molar-refractivity contribution in [1.82, 2.24) is 14.1 Å². The van der Waals surface area contributed by atoms with Crippen LogP contribution in [0.2, 0.25) is 5.02 Å². The first-order chi connectivity index (χ1) is 16.3. The van der Waals surface area contributed by atoms with Gasteiger partial charge in [0.2, 0.25) is 10.0 Å². The van der Waals surface area contributed by atoms with Crippen molar-refractivity contribution < 1.29 is 17.4 Å². The van der Waals surface area contributed by atoms with Gasteiger partial charge in [0.25, 0.3) is 5.91 Å². The number of benzene rings is 2. The van der Waals surface area contributed by atoms with Crippen molar-refractivity contribution in [3.8, 4) is 5.69 Å². The molecule has 0 aliphatic carbocycles. The Morgan fingerprint density at radius 3 is 2.47 bits per heavy atom. The molecule has 8 nitrogen and oxygen atoms in total. The van der Waals surface area contributed by atoms with Gasteiger partial charge >= 0.3 is 0 Å². The molecule has 178 valence electrons. The summed E-state index contributed by atoms with van der Waals surface area (Å²) in [6, 6.07) is 13.0. The molecule has 1 aromatic heterocycles. The van der Waals surface area contributed by atoms with Crippen LogP contribution >= 0.6 is 11.6 Å². The lowest BCUT2D eigenvalue weighted by Crippen LogP contribution is -2.35. The molecular formula is C23H23ClN4O4S2. The fourth-order valence-corrected chi connectivity index (χ4v) is 7.23. The number of nitrogens with one attached hydrogen (secondary N) is 1. The highest BCUT2D eigenvalue weighted by Gasteiger charge is 2.29. The number of anilines is 1. The minimum Gasteiger partial charge on any atom is -0.306 e. The average Bonchev–Trinajstić information content (AvgIpc) is 3.36. The summed E-state index contributed by atoms with van der Waals surface area (Å²) in [7, 11) is -4.64. The zero-order chi connectivity index (χ0) is 23.9. The largest absolute Gasteiger partial charge is 0.306 e. The molecule has 2 aliphatic rings.